The zero-order valence-corrected chi connectivity index (χ0v) is 14.4. The van der Waals surface area contributed by atoms with Crippen LogP contribution in [0.2, 0.25) is 0 Å². The molecule has 2 rings (SSSR count). The molecule has 0 radical (unpaired) electrons. The fourth-order valence-electron chi connectivity index (χ4n) is 2.71. The molecule has 1 aliphatic heterocycles. The predicted molar refractivity (Wildman–Crippen MR) is 91.3 cm³/mol. The van der Waals surface area contributed by atoms with Gasteiger partial charge in [-0.05, 0) is 26.3 Å². The molecule has 2 amide bonds. The Morgan fingerprint density at radius 2 is 2.04 bits per heavy atom. The van der Waals surface area contributed by atoms with Crippen LogP contribution in [-0.4, -0.2) is 30.9 Å². The maximum atomic E-state index is 12.4. The van der Waals surface area contributed by atoms with E-state index in [1.54, 1.807) is 13.8 Å². The maximum absolute atomic E-state index is 12.4. The average Bonchev–Trinajstić information content (AvgIpc) is 2.55. The van der Waals surface area contributed by atoms with E-state index in [0.29, 0.717) is 18.1 Å². The Kier molecular flexibility index (Phi) is 6.35. The van der Waals surface area contributed by atoms with E-state index in [2.05, 4.69) is 17.2 Å². The topological polar surface area (TPSA) is 77.0 Å². The highest BCUT2D eigenvalue weighted by Gasteiger charge is 2.39. The molecule has 0 aliphatic carbocycles. The van der Waals surface area contributed by atoms with Crippen molar-refractivity contribution in [1.29, 1.82) is 0 Å². The van der Waals surface area contributed by atoms with Crippen LogP contribution in [0.3, 0.4) is 0 Å². The van der Waals surface area contributed by atoms with Gasteiger partial charge in [-0.1, -0.05) is 31.5 Å². The van der Waals surface area contributed by atoms with Gasteiger partial charge in [0.25, 0.3) is 0 Å². The van der Waals surface area contributed by atoms with Crippen LogP contribution in [0.1, 0.15) is 45.2 Å². The molecule has 130 valence electrons. The molecular formula is C18H24N2O4. The lowest BCUT2D eigenvalue weighted by atomic mass is 9.88. The van der Waals surface area contributed by atoms with Crippen molar-refractivity contribution in [2.45, 2.75) is 39.7 Å². The number of unbranched alkanes of at least 4 members (excludes halogenated alkanes) is 1. The number of nitrogens with zero attached hydrogens (tertiary/aromatic N) is 1. The first kappa shape index (κ1) is 18.0. The molecule has 0 fully saturated rings. The van der Waals surface area contributed by atoms with Gasteiger partial charge in [0, 0.05) is 11.3 Å². The lowest BCUT2D eigenvalue weighted by molar-refractivity contribution is -0.146. The Hall–Kier alpha value is -2.37. The molecule has 6 nitrogen and oxygen atoms in total. The molecule has 1 N–H and O–H groups in total. The number of hydrogen-bond donors (Lipinski definition) is 1. The number of para-hydroxylation sites is 1. The van der Waals surface area contributed by atoms with E-state index in [0.717, 1.165) is 18.4 Å². The Morgan fingerprint density at radius 1 is 1.29 bits per heavy atom. The van der Waals surface area contributed by atoms with E-state index in [1.807, 2.05) is 24.3 Å². The van der Waals surface area contributed by atoms with Crippen molar-refractivity contribution in [3.63, 3.8) is 0 Å². The molecule has 0 spiro atoms. The SMILES string of the molecule is CCCCOc1ccccc1C1NC(=O)N=C(C)C1C(=O)OCC. The fourth-order valence-corrected chi connectivity index (χ4v) is 2.71. The molecule has 1 aliphatic rings. The van der Waals surface area contributed by atoms with Gasteiger partial charge in [-0.25, -0.2) is 9.79 Å². The normalized spacial score (nSPS) is 20.1. The zero-order valence-electron chi connectivity index (χ0n) is 14.4. The molecule has 1 aromatic carbocycles. The van der Waals surface area contributed by atoms with E-state index in [-0.39, 0.29) is 6.61 Å². The van der Waals surface area contributed by atoms with Crippen molar-refractivity contribution < 1.29 is 19.1 Å². The van der Waals surface area contributed by atoms with Gasteiger partial charge < -0.3 is 14.8 Å². The summed E-state index contributed by atoms with van der Waals surface area (Å²) >= 11 is 0. The van der Waals surface area contributed by atoms with Crippen molar-refractivity contribution in [3.8, 4) is 5.75 Å². The highest BCUT2D eigenvalue weighted by molar-refractivity contribution is 6.08. The van der Waals surface area contributed by atoms with Crippen LogP contribution in [0, 0.1) is 5.92 Å². The number of esters is 1. The average molecular weight is 332 g/mol. The molecule has 6 heteroatoms. The second-order valence-electron chi connectivity index (χ2n) is 5.65. The van der Waals surface area contributed by atoms with E-state index in [4.69, 9.17) is 9.47 Å². The summed E-state index contributed by atoms with van der Waals surface area (Å²) < 4.78 is 11.0. The van der Waals surface area contributed by atoms with Crippen LogP contribution in [0.15, 0.2) is 29.3 Å². The van der Waals surface area contributed by atoms with Gasteiger partial charge in [0.2, 0.25) is 0 Å². The Morgan fingerprint density at radius 3 is 2.75 bits per heavy atom. The van der Waals surface area contributed by atoms with Crippen molar-refractivity contribution in [2.24, 2.45) is 10.9 Å². The van der Waals surface area contributed by atoms with Gasteiger partial charge in [-0.2, -0.15) is 0 Å². The molecule has 0 aromatic heterocycles. The quantitative estimate of drug-likeness (QED) is 0.614. The number of amides is 2. The molecule has 1 heterocycles. The summed E-state index contributed by atoms with van der Waals surface area (Å²) in [6, 6.07) is 6.43. The monoisotopic (exact) mass is 332 g/mol. The van der Waals surface area contributed by atoms with E-state index in [9.17, 15) is 9.59 Å². The smallest absolute Gasteiger partial charge is 0.341 e. The number of hydrogen-bond acceptors (Lipinski definition) is 4. The van der Waals surface area contributed by atoms with Gasteiger partial charge in [-0.15, -0.1) is 0 Å². The molecule has 2 atom stereocenters. The lowest BCUT2D eigenvalue weighted by Crippen LogP contribution is -2.44. The first-order valence-electron chi connectivity index (χ1n) is 8.32. The van der Waals surface area contributed by atoms with Crippen LogP contribution in [0.5, 0.6) is 5.75 Å². The number of urea groups is 1. The second-order valence-corrected chi connectivity index (χ2v) is 5.65. The molecule has 1 aromatic rings. The van der Waals surface area contributed by atoms with Crippen LogP contribution >= 0.6 is 0 Å². The van der Waals surface area contributed by atoms with E-state index in [1.165, 1.54) is 0 Å². The Labute approximate surface area is 142 Å². The first-order valence-corrected chi connectivity index (χ1v) is 8.32. The number of aliphatic imine (C=N–C) groups is 1. The van der Waals surface area contributed by atoms with Crippen molar-refractivity contribution in [3.05, 3.63) is 29.8 Å². The van der Waals surface area contributed by atoms with E-state index >= 15 is 0 Å². The third-order valence-electron chi connectivity index (χ3n) is 3.89. The van der Waals surface area contributed by atoms with Crippen molar-refractivity contribution in [1.82, 2.24) is 5.32 Å². The minimum absolute atomic E-state index is 0.276. The minimum Gasteiger partial charge on any atom is -0.493 e. The number of carbonyl (C=O) groups excluding carboxylic acids is 2. The Balaban J connectivity index is 2.35. The number of benzene rings is 1. The molecular weight excluding hydrogens is 308 g/mol. The summed E-state index contributed by atoms with van der Waals surface area (Å²) in [4.78, 5) is 28.1. The van der Waals surface area contributed by atoms with Crippen LogP contribution < -0.4 is 10.1 Å². The van der Waals surface area contributed by atoms with Crippen LogP contribution in [-0.2, 0) is 9.53 Å². The zero-order chi connectivity index (χ0) is 17.5. The standard InChI is InChI=1S/C18H24N2O4/c1-4-6-11-24-14-10-8-7-9-13(14)16-15(17(21)23-5-2)12(3)19-18(22)20-16/h7-10,15-16H,4-6,11H2,1-3H3,(H,20,22). The molecule has 0 saturated heterocycles. The van der Waals surface area contributed by atoms with Gasteiger partial charge in [-0.3, -0.25) is 4.79 Å². The van der Waals surface area contributed by atoms with E-state index < -0.39 is 24.0 Å². The summed E-state index contributed by atoms with van der Waals surface area (Å²) in [6.45, 7) is 6.38. The molecule has 0 bridgehead atoms. The molecule has 0 saturated carbocycles. The summed E-state index contributed by atoms with van der Waals surface area (Å²) in [6.07, 6.45) is 1.96. The third-order valence-corrected chi connectivity index (χ3v) is 3.89. The molecule has 2 unspecified atom stereocenters. The third kappa shape index (κ3) is 4.13. The van der Waals surface area contributed by atoms with Gasteiger partial charge in [0.1, 0.15) is 11.7 Å². The summed E-state index contributed by atoms with van der Waals surface area (Å²) in [7, 11) is 0. The summed E-state index contributed by atoms with van der Waals surface area (Å²) in [5.41, 5.74) is 1.21. The predicted octanol–water partition coefficient (Wildman–Crippen LogP) is 3.27. The second kappa shape index (κ2) is 8.47. The highest BCUT2D eigenvalue weighted by atomic mass is 16.5. The van der Waals surface area contributed by atoms with Gasteiger partial charge in [0.15, 0.2) is 0 Å². The number of carbonyl (C=O) groups is 2. The lowest BCUT2D eigenvalue weighted by Gasteiger charge is -2.30. The fraction of sp³-hybridized carbons (Fsp3) is 0.500. The van der Waals surface area contributed by atoms with Crippen LogP contribution in [0.25, 0.3) is 0 Å². The van der Waals surface area contributed by atoms with Gasteiger partial charge >= 0.3 is 12.0 Å². The van der Waals surface area contributed by atoms with Crippen molar-refractivity contribution >= 4 is 17.7 Å². The van der Waals surface area contributed by atoms with Crippen molar-refractivity contribution in [2.75, 3.05) is 13.2 Å². The van der Waals surface area contributed by atoms with Crippen LogP contribution in [0.4, 0.5) is 4.79 Å². The molecule has 24 heavy (non-hydrogen) atoms. The number of rotatable bonds is 7. The number of ether oxygens (including phenoxy) is 2. The summed E-state index contributed by atoms with van der Waals surface area (Å²) in [5, 5.41) is 2.78. The largest absolute Gasteiger partial charge is 0.493 e. The summed E-state index contributed by atoms with van der Waals surface area (Å²) in [5.74, 6) is -0.383. The number of nitrogens with one attached hydrogen (secondary N) is 1. The Bertz CT molecular complexity index is 627. The van der Waals surface area contributed by atoms with Gasteiger partial charge in [0.05, 0.1) is 19.3 Å². The minimum atomic E-state index is -0.654. The highest BCUT2D eigenvalue weighted by Crippen LogP contribution is 2.33. The maximum Gasteiger partial charge on any atom is 0.341 e. The first-order chi connectivity index (χ1) is 11.6.